The van der Waals surface area contributed by atoms with E-state index in [1.807, 2.05) is 65.6 Å². The lowest BCUT2D eigenvalue weighted by Crippen LogP contribution is -2.36. The van der Waals surface area contributed by atoms with E-state index >= 15 is 0 Å². The molecule has 4 aromatic rings. The molecular formula is C34H31NO5. The Morgan fingerprint density at radius 1 is 0.875 bits per heavy atom. The van der Waals surface area contributed by atoms with Gasteiger partial charge in [0, 0.05) is 30.6 Å². The van der Waals surface area contributed by atoms with Crippen molar-refractivity contribution in [2.75, 3.05) is 13.2 Å². The van der Waals surface area contributed by atoms with Crippen molar-refractivity contribution in [3.63, 3.8) is 0 Å². The molecule has 0 radical (unpaired) electrons. The summed E-state index contributed by atoms with van der Waals surface area (Å²) in [5, 5.41) is 9.11. The molecule has 1 N–H and O–H groups in total. The number of rotatable bonds is 8. The van der Waals surface area contributed by atoms with Crippen LogP contribution in [0.25, 0.3) is 11.1 Å². The summed E-state index contributed by atoms with van der Waals surface area (Å²) in [6, 6.07) is 30.4. The first-order chi connectivity index (χ1) is 19.5. The molecule has 0 aromatic heterocycles. The predicted octanol–water partition coefficient (Wildman–Crippen LogP) is 6.01. The zero-order valence-corrected chi connectivity index (χ0v) is 22.2. The van der Waals surface area contributed by atoms with Crippen LogP contribution >= 0.6 is 0 Å². The van der Waals surface area contributed by atoms with Gasteiger partial charge in [0.2, 0.25) is 5.91 Å². The van der Waals surface area contributed by atoms with Gasteiger partial charge in [-0.1, -0.05) is 72.8 Å². The van der Waals surface area contributed by atoms with Crippen LogP contribution in [0.4, 0.5) is 0 Å². The van der Waals surface area contributed by atoms with Gasteiger partial charge in [0.15, 0.2) is 0 Å². The monoisotopic (exact) mass is 533 g/mol. The van der Waals surface area contributed by atoms with Crippen molar-refractivity contribution in [2.24, 2.45) is 0 Å². The van der Waals surface area contributed by atoms with E-state index in [0.717, 1.165) is 40.8 Å². The summed E-state index contributed by atoms with van der Waals surface area (Å²) in [5.74, 6) is 0.625. The molecular weight excluding hydrogens is 502 g/mol. The number of hydrogen-bond donors (Lipinski definition) is 1. The third-order valence-corrected chi connectivity index (χ3v) is 7.72. The molecule has 1 atom stereocenters. The van der Waals surface area contributed by atoms with Crippen LogP contribution in [0.5, 0.6) is 11.5 Å². The molecule has 2 heterocycles. The van der Waals surface area contributed by atoms with Gasteiger partial charge in [-0.05, 0) is 51.9 Å². The fourth-order valence-corrected chi connectivity index (χ4v) is 5.56. The van der Waals surface area contributed by atoms with Gasteiger partial charge in [-0.25, -0.2) is 0 Å². The lowest BCUT2D eigenvalue weighted by Gasteiger charge is -2.29. The van der Waals surface area contributed by atoms with E-state index in [0.29, 0.717) is 37.7 Å². The molecule has 40 heavy (non-hydrogen) atoms. The van der Waals surface area contributed by atoms with Gasteiger partial charge in [0.1, 0.15) is 18.1 Å². The number of benzene rings is 4. The lowest BCUT2D eigenvalue weighted by molar-refractivity contribution is -0.137. The third-order valence-electron chi connectivity index (χ3n) is 7.72. The van der Waals surface area contributed by atoms with E-state index in [9.17, 15) is 9.59 Å². The second-order valence-corrected chi connectivity index (χ2v) is 10.5. The van der Waals surface area contributed by atoms with Crippen LogP contribution in [0.1, 0.15) is 40.2 Å². The van der Waals surface area contributed by atoms with Gasteiger partial charge in [0.25, 0.3) is 0 Å². The van der Waals surface area contributed by atoms with Crippen LogP contribution < -0.4 is 9.47 Å². The molecule has 2 aliphatic rings. The number of hydrogen-bond acceptors (Lipinski definition) is 4. The molecule has 0 saturated heterocycles. The van der Waals surface area contributed by atoms with Crippen molar-refractivity contribution in [2.45, 2.75) is 38.3 Å². The van der Waals surface area contributed by atoms with Crippen LogP contribution in [0, 0.1) is 0 Å². The highest BCUT2D eigenvalue weighted by Gasteiger charge is 2.27. The van der Waals surface area contributed by atoms with Gasteiger partial charge in [0.05, 0.1) is 19.4 Å². The number of ether oxygens (including phenoxy) is 2. The van der Waals surface area contributed by atoms with Crippen LogP contribution in [0.3, 0.4) is 0 Å². The van der Waals surface area contributed by atoms with E-state index in [1.54, 1.807) is 0 Å². The maximum absolute atomic E-state index is 12.9. The average molecular weight is 534 g/mol. The number of carboxylic acids is 1. The fraction of sp³-hybridized carbons (Fsp3) is 0.235. The standard InChI is InChI=1S/C34H31NO5/c36-33(16-23-5-2-1-3-6-23)35-14-13-27-17-26(9-10-28(27)20-35)25-8-4-7-24(15-25)21-39-30-11-12-31-29(18-34(37)38)22-40-32(31)19-30/h1-12,15,17,19,29H,13-14,16,18,20-22H2,(H,37,38)/t29-/m1/s1. The van der Waals surface area contributed by atoms with E-state index < -0.39 is 5.97 Å². The van der Waals surface area contributed by atoms with Crippen LogP contribution in [0.15, 0.2) is 91.0 Å². The summed E-state index contributed by atoms with van der Waals surface area (Å²) >= 11 is 0. The molecule has 6 heteroatoms. The predicted molar refractivity (Wildman–Crippen MR) is 152 cm³/mol. The Morgan fingerprint density at radius 3 is 2.55 bits per heavy atom. The maximum atomic E-state index is 12.9. The van der Waals surface area contributed by atoms with Crippen molar-refractivity contribution in [3.05, 3.63) is 119 Å². The first-order valence-corrected chi connectivity index (χ1v) is 13.7. The summed E-state index contributed by atoms with van der Waals surface area (Å²) < 4.78 is 11.8. The van der Waals surface area contributed by atoms with Crippen LogP contribution in [-0.2, 0) is 35.6 Å². The number of amides is 1. The Morgan fingerprint density at radius 2 is 1.70 bits per heavy atom. The molecule has 6 nitrogen and oxygen atoms in total. The quantitative estimate of drug-likeness (QED) is 0.300. The molecule has 202 valence electrons. The van der Waals surface area contributed by atoms with Crippen LogP contribution in [-0.4, -0.2) is 35.0 Å². The summed E-state index contributed by atoms with van der Waals surface area (Å²) in [6.45, 7) is 2.18. The van der Waals surface area contributed by atoms with Gasteiger partial charge < -0.3 is 19.5 Å². The SMILES string of the molecule is O=C(O)C[C@@H]1COc2cc(OCc3cccc(-c4ccc5c(c4)CCN(C(=O)Cc4ccccc4)C5)c3)ccc21. The number of carboxylic acid groups (broad SMARTS) is 1. The topological polar surface area (TPSA) is 76.1 Å². The summed E-state index contributed by atoms with van der Waals surface area (Å²) in [6.07, 6.45) is 1.35. The molecule has 0 saturated carbocycles. The molecule has 0 spiro atoms. The minimum Gasteiger partial charge on any atom is -0.492 e. The molecule has 1 amide bonds. The van der Waals surface area contributed by atoms with Crippen molar-refractivity contribution in [1.82, 2.24) is 4.90 Å². The summed E-state index contributed by atoms with van der Waals surface area (Å²) in [7, 11) is 0. The minimum absolute atomic E-state index is 0.0628. The Bertz CT molecular complexity index is 1550. The Hall–Kier alpha value is -4.58. The minimum atomic E-state index is -0.823. The van der Waals surface area contributed by atoms with E-state index in [4.69, 9.17) is 14.6 Å². The van der Waals surface area contributed by atoms with Gasteiger partial charge >= 0.3 is 5.97 Å². The Balaban J connectivity index is 1.09. The average Bonchev–Trinajstić information content (AvgIpc) is 3.37. The van der Waals surface area contributed by atoms with Gasteiger partial charge in [-0.15, -0.1) is 0 Å². The number of aliphatic carboxylic acids is 1. The highest BCUT2D eigenvalue weighted by atomic mass is 16.5. The van der Waals surface area contributed by atoms with E-state index in [2.05, 4.69) is 30.3 Å². The summed E-state index contributed by atoms with van der Waals surface area (Å²) in [5.41, 5.74) is 7.81. The highest BCUT2D eigenvalue weighted by Crippen LogP contribution is 2.38. The third kappa shape index (κ3) is 5.71. The van der Waals surface area contributed by atoms with Crippen LogP contribution in [0.2, 0.25) is 0 Å². The van der Waals surface area contributed by atoms with E-state index in [1.165, 1.54) is 11.1 Å². The van der Waals surface area contributed by atoms with Crippen molar-refractivity contribution < 1.29 is 24.2 Å². The van der Waals surface area contributed by atoms with Crippen molar-refractivity contribution in [3.8, 4) is 22.6 Å². The summed E-state index contributed by atoms with van der Waals surface area (Å²) in [4.78, 5) is 25.9. The van der Waals surface area contributed by atoms with Gasteiger partial charge in [-0.3, -0.25) is 9.59 Å². The largest absolute Gasteiger partial charge is 0.492 e. The van der Waals surface area contributed by atoms with Crippen molar-refractivity contribution >= 4 is 11.9 Å². The zero-order valence-electron chi connectivity index (χ0n) is 22.2. The Labute approximate surface area is 233 Å². The number of nitrogens with zero attached hydrogens (tertiary/aromatic N) is 1. The fourth-order valence-electron chi connectivity index (χ4n) is 5.56. The van der Waals surface area contributed by atoms with Gasteiger partial charge in [-0.2, -0.15) is 0 Å². The number of carbonyl (C=O) groups is 2. The lowest BCUT2D eigenvalue weighted by atomic mass is 9.94. The first kappa shape index (κ1) is 25.7. The van der Waals surface area contributed by atoms with Crippen molar-refractivity contribution in [1.29, 1.82) is 0 Å². The van der Waals surface area contributed by atoms with E-state index in [-0.39, 0.29) is 18.2 Å². The highest BCUT2D eigenvalue weighted by molar-refractivity contribution is 5.79. The molecule has 0 aliphatic carbocycles. The maximum Gasteiger partial charge on any atom is 0.304 e. The zero-order chi connectivity index (χ0) is 27.5. The second kappa shape index (κ2) is 11.3. The molecule has 0 fully saturated rings. The second-order valence-electron chi connectivity index (χ2n) is 10.5. The first-order valence-electron chi connectivity index (χ1n) is 13.7. The molecule has 6 rings (SSSR count). The smallest absolute Gasteiger partial charge is 0.304 e. The molecule has 2 aliphatic heterocycles. The Kier molecular flexibility index (Phi) is 7.23. The number of fused-ring (bicyclic) bond motifs is 2. The molecule has 0 unspecified atom stereocenters. The molecule has 0 bridgehead atoms. The number of carbonyl (C=O) groups excluding carboxylic acids is 1. The normalized spacial score (nSPS) is 15.6. The molecule has 4 aromatic carbocycles.